The van der Waals surface area contributed by atoms with Crippen molar-refractivity contribution in [1.82, 2.24) is 0 Å². The number of unbranched alkanes of at least 4 members (excludes halogenated alkanes) is 1. The van der Waals surface area contributed by atoms with E-state index in [1.807, 2.05) is 30.3 Å². The lowest BCUT2D eigenvalue weighted by molar-refractivity contribution is -0.205. The van der Waals surface area contributed by atoms with E-state index >= 15 is 0 Å². The van der Waals surface area contributed by atoms with Crippen LogP contribution in [0.1, 0.15) is 43.6 Å². The molecule has 1 aliphatic heterocycles. The minimum atomic E-state index is -0.397. The summed E-state index contributed by atoms with van der Waals surface area (Å²) >= 11 is 0. The Morgan fingerprint density at radius 1 is 1.12 bits per heavy atom. The van der Waals surface area contributed by atoms with E-state index in [0.29, 0.717) is 24.7 Å². The van der Waals surface area contributed by atoms with Gasteiger partial charge in [0, 0.05) is 24.2 Å². The summed E-state index contributed by atoms with van der Waals surface area (Å²) in [6.07, 6.45) is 3.13. The molecule has 3 nitrogen and oxygen atoms in total. The zero-order valence-corrected chi connectivity index (χ0v) is 15.5. The zero-order valence-electron chi connectivity index (χ0n) is 15.5. The van der Waals surface area contributed by atoms with Gasteiger partial charge in [0.2, 0.25) is 0 Å². The Morgan fingerprint density at radius 3 is 2.58 bits per heavy atom. The van der Waals surface area contributed by atoms with E-state index < -0.39 is 6.29 Å². The van der Waals surface area contributed by atoms with Crippen LogP contribution in [0.25, 0.3) is 11.1 Å². The Hall–Kier alpha value is -1.75. The third kappa shape index (κ3) is 4.50. The van der Waals surface area contributed by atoms with Crippen LogP contribution < -0.4 is 0 Å². The number of hydrogen-bond acceptors (Lipinski definition) is 3. The monoisotopic (exact) mass is 358 g/mol. The highest BCUT2D eigenvalue weighted by Gasteiger charge is 2.25. The van der Waals surface area contributed by atoms with Crippen LogP contribution >= 0.6 is 0 Å². The highest BCUT2D eigenvalue weighted by molar-refractivity contribution is 5.68. The molecule has 0 aromatic heterocycles. The summed E-state index contributed by atoms with van der Waals surface area (Å²) in [6.45, 7) is 3.88. The Morgan fingerprint density at radius 2 is 1.88 bits per heavy atom. The largest absolute Gasteiger partial charge is 0.380 e. The van der Waals surface area contributed by atoms with Crippen molar-refractivity contribution in [3.63, 3.8) is 0 Å². The van der Waals surface area contributed by atoms with Gasteiger partial charge in [0.05, 0.1) is 19.8 Å². The van der Waals surface area contributed by atoms with E-state index in [1.54, 1.807) is 19.2 Å². The summed E-state index contributed by atoms with van der Waals surface area (Å²) in [5.41, 5.74) is 3.25. The lowest BCUT2D eigenvalue weighted by atomic mass is 9.97. The molecule has 0 aliphatic carbocycles. The summed E-state index contributed by atoms with van der Waals surface area (Å²) in [4.78, 5) is 0. The molecule has 0 atom stereocenters. The molecule has 2 aromatic rings. The first-order valence-corrected chi connectivity index (χ1v) is 9.32. The average Bonchev–Trinajstić information content (AvgIpc) is 2.68. The minimum absolute atomic E-state index is 0.260. The molecule has 0 bridgehead atoms. The molecular weight excluding hydrogens is 331 g/mol. The molecule has 2 aromatic carbocycles. The van der Waals surface area contributed by atoms with Crippen molar-refractivity contribution in [3.05, 3.63) is 59.4 Å². The molecule has 26 heavy (non-hydrogen) atoms. The molecular formula is C22H27FO3. The Kier molecular flexibility index (Phi) is 6.78. The first-order valence-electron chi connectivity index (χ1n) is 9.32. The van der Waals surface area contributed by atoms with Crippen LogP contribution in [0.2, 0.25) is 0 Å². The van der Waals surface area contributed by atoms with Crippen LogP contribution in [0.15, 0.2) is 42.5 Å². The van der Waals surface area contributed by atoms with Crippen LogP contribution in [0, 0.1) is 11.7 Å². The van der Waals surface area contributed by atoms with Gasteiger partial charge in [-0.25, -0.2) is 4.39 Å². The number of ether oxygens (including phenoxy) is 3. The van der Waals surface area contributed by atoms with Gasteiger partial charge in [-0.1, -0.05) is 56.2 Å². The first kappa shape index (κ1) is 19.0. The van der Waals surface area contributed by atoms with Crippen molar-refractivity contribution < 1.29 is 18.6 Å². The van der Waals surface area contributed by atoms with Gasteiger partial charge in [-0.05, 0) is 23.6 Å². The van der Waals surface area contributed by atoms with Crippen molar-refractivity contribution >= 4 is 0 Å². The normalized spacial score (nSPS) is 20.3. The molecule has 0 radical (unpaired) electrons. The fraction of sp³-hybridized carbons (Fsp3) is 0.455. The van der Waals surface area contributed by atoms with Gasteiger partial charge in [0.15, 0.2) is 6.29 Å². The Balaban J connectivity index is 1.78. The summed E-state index contributed by atoms with van der Waals surface area (Å²) in [5.74, 6) is 0.202. The lowest BCUT2D eigenvalue weighted by Gasteiger charge is -2.30. The zero-order chi connectivity index (χ0) is 18.4. The smallest absolute Gasteiger partial charge is 0.184 e. The van der Waals surface area contributed by atoms with Crippen molar-refractivity contribution in [2.45, 2.75) is 39.1 Å². The summed E-state index contributed by atoms with van der Waals surface area (Å²) in [6, 6.07) is 13.1. The van der Waals surface area contributed by atoms with Crippen molar-refractivity contribution in [1.29, 1.82) is 0 Å². The topological polar surface area (TPSA) is 27.7 Å². The maximum atomic E-state index is 14.3. The number of hydrogen-bond donors (Lipinski definition) is 0. The fourth-order valence-electron chi connectivity index (χ4n) is 3.34. The predicted molar refractivity (Wildman–Crippen MR) is 100 cm³/mol. The number of rotatable bonds is 7. The van der Waals surface area contributed by atoms with Crippen LogP contribution in [0.4, 0.5) is 4.39 Å². The van der Waals surface area contributed by atoms with Gasteiger partial charge in [-0.15, -0.1) is 0 Å². The van der Waals surface area contributed by atoms with E-state index in [2.05, 4.69) is 6.92 Å². The van der Waals surface area contributed by atoms with Crippen LogP contribution in [0.3, 0.4) is 0 Å². The number of methoxy groups -OCH3 is 1. The molecule has 0 saturated carbocycles. The summed E-state index contributed by atoms with van der Waals surface area (Å²) < 4.78 is 31.3. The minimum Gasteiger partial charge on any atom is -0.380 e. The summed E-state index contributed by atoms with van der Waals surface area (Å²) in [5, 5.41) is 0. The maximum absolute atomic E-state index is 14.3. The van der Waals surface area contributed by atoms with Gasteiger partial charge in [-0.2, -0.15) is 0 Å². The number of benzene rings is 2. The molecule has 0 spiro atoms. The molecule has 0 N–H and O–H groups in total. The van der Waals surface area contributed by atoms with Gasteiger partial charge >= 0.3 is 0 Å². The Bertz CT molecular complexity index is 708. The highest BCUT2D eigenvalue weighted by atomic mass is 19.1. The summed E-state index contributed by atoms with van der Waals surface area (Å²) in [7, 11) is 1.56. The second-order valence-electron chi connectivity index (χ2n) is 6.83. The van der Waals surface area contributed by atoms with E-state index in [9.17, 15) is 4.39 Å². The molecule has 4 heteroatoms. The third-order valence-corrected chi connectivity index (χ3v) is 4.81. The van der Waals surface area contributed by atoms with E-state index in [0.717, 1.165) is 23.1 Å². The standard InChI is InChI=1S/C22H27FO3/c1-3-4-7-16-13-25-22(26-14-16)20-9-6-5-8-19(20)17-10-11-18(15-24-2)21(23)12-17/h5-6,8-12,16,22H,3-4,7,13-15H2,1-2H3/t16-,22-. The van der Waals surface area contributed by atoms with Crippen LogP contribution in [0.5, 0.6) is 0 Å². The van der Waals surface area contributed by atoms with Gasteiger partial charge in [0.25, 0.3) is 0 Å². The molecule has 1 saturated heterocycles. The van der Waals surface area contributed by atoms with Gasteiger partial charge in [0.1, 0.15) is 5.82 Å². The van der Waals surface area contributed by atoms with Crippen molar-refractivity contribution in [2.75, 3.05) is 20.3 Å². The van der Waals surface area contributed by atoms with E-state index in [-0.39, 0.29) is 12.4 Å². The first-order chi connectivity index (χ1) is 12.7. The molecule has 3 rings (SSSR count). The molecule has 1 heterocycles. The SMILES string of the molecule is CCCC[C@H]1CO[C@H](c2ccccc2-c2ccc(COC)c(F)c2)OC1. The van der Waals surface area contributed by atoms with E-state index in [4.69, 9.17) is 14.2 Å². The molecule has 140 valence electrons. The molecule has 1 aliphatic rings. The van der Waals surface area contributed by atoms with Crippen LogP contribution in [-0.4, -0.2) is 20.3 Å². The van der Waals surface area contributed by atoms with Gasteiger partial charge < -0.3 is 14.2 Å². The second-order valence-corrected chi connectivity index (χ2v) is 6.83. The highest BCUT2D eigenvalue weighted by Crippen LogP contribution is 2.34. The third-order valence-electron chi connectivity index (χ3n) is 4.81. The maximum Gasteiger partial charge on any atom is 0.184 e. The van der Waals surface area contributed by atoms with Crippen molar-refractivity contribution in [3.8, 4) is 11.1 Å². The van der Waals surface area contributed by atoms with Crippen molar-refractivity contribution in [2.24, 2.45) is 5.92 Å². The average molecular weight is 358 g/mol. The van der Waals surface area contributed by atoms with Gasteiger partial charge in [-0.3, -0.25) is 0 Å². The molecule has 0 unspecified atom stereocenters. The van der Waals surface area contributed by atoms with Crippen LogP contribution in [-0.2, 0) is 20.8 Å². The molecule has 1 fully saturated rings. The number of halogens is 1. The predicted octanol–water partition coefficient (Wildman–Crippen LogP) is 5.49. The lowest BCUT2D eigenvalue weighted by Crippen LogP contribution is -2.27. The Labute approximate surface area is 155 Å². The second kappa shape index (κ2) is 9.26. The molecule has 0 amide bonds. The van der Waals surface area contributed by atoms with E-state index in [1.165, 1.54) is 12.8 Å². The fourth-order valence-corrected chi connectivity index (χ4v) is 3.34. The quantitative estimate of drug-likeness (QED) is 0.655.